The molecule has 3 atom stereocenters. The zero-order chi connectivity index (χ0) is 23.2. The first-order valence-electron chi connectivity index (χ1n) is 11.6. The van der Waals surface area contributed by atoms with Crippen LogP contribution in [0.4, 0.5) is 0 Å². The third-order valence-corrected chi connectivity index (χ3v) is 5.89. The summed E-state index contributed by atoms with van der Waals surface area (Å²) in [4.78, 5) is 24.8. The molecule has 174 valence electrons. The number of benzene rings is 1. The van der Waals surface area contributed by atoms with E-state index in [1.807, 2.05) is 25.1 Å². The molecule has 0 aliphatic heterocycles. The molecule has 0 saturated heterocycles. The van der Waals surface area contributed by atoms with Gasteiger partial charge < -0.3 is 22.1 Å². The zero-order valence-electron chi connectivity index (χ0n) is 19.7. The fraction of sp³-hybridized carbons (Fsp3) is 0.600. The molecule has 1 aromatic carbocycles. The quantitative estimate of drug-likeness (QED) is 0.407. The van der Waals surface area contributed by atoms with E-state index in [-0.39, 0.29) is 23.8 Å². The van der Waals surface area contributed by atoms with Gasteiger partial charge in [-0.25, -0.2) is 0 Å². The summed E-state index contributed by atoms with van der Waals surface area (Å²) in [5, 5.41) is 6.72. The molecular formula is C25H42N4O2. The molecule has 2 amide bonds. The molecule has 31 heavy (non-hydrogen) atoms. The van der Waals surface area contributed by atoms with E-state index in [0.29, 0.717) is 12.8 Å². The molecule has 1 saturated carbocycles. The van der Waals surface area contributed by atoms with Crippen molar-refractivity contribution in [3.05, 3.63) is 47.2 Å². The summed E-state index contributed by atoms with van der Waals surface area (Å²) in [5.74, 6) is -0.157. The van der Waals surface area contributed by atoms with Crippen LogP contribution in [0.3, 0.4) is 0 Å². The number of nitrogens with one attached hydrogen (secondary N) is 2. The van der Waals surface area contributed by atoms with Crippen molar-refractivity contribution in [3.8, 4) is 0 Å². The van der Waals surface area contributed by atoms with Gasteiger partial charge in [0.05, 0.1) is 6.04 Å². The van der Waals surface area contributed by atoms with Crippen LogP contribution in [0, 0.1) is 5.92 Å². The average molecular weight is 431 g/mol. The Kier molecular flexibility index (Phi) is 12.6. The van der Waals surface area contributed by atoms with Crippen molar-refractivity contribution >= 4 is 11.8 Å². The minimum atomic E-state index is -0.436. The number of hydrogen-bond acceptors (Lipinski definition) is 4. The van der Waals surface area contributed by atoms with Crippen molar-refractivity contribution in [2.24, 2.45) is 17.4 Å². The van der Waals surface area contributed by atoms with Crippen LogP contribution in [0.25, 0.3) is 0 Å². The van der Waals surface area contributed by atoms with Crippen LogP contribution in [0.1, 0.15) is 71.3 Å². The highest BCUT2D eigenvalue weighted by Gasteiger charge is 2.29. The van der Waals surface area contributed by atoms with E-state index < -0.39 is 6.04 Å². The summed E-state index contributed by atoms with van der Waals surface area (Å²) < 4.78 is 0. The van der Waals surface area contributed by atoms with E-state index >= 15 is 0 Å². The van der Waals surface area contributed by atoms with Crippen molar-refractivity contribution in [3.63, 3.8) is 0 Å². The molecule has 1 aliphatic rings. The second-order valence-corrected chi connectivity index (χ2v) is 8.19. The van der Waals surface area contributed by atoms with Gasteiger partial charge in [-0.1, -0.05) is 63.9 Å². The van der Waals surface area contributed by atoms with Crippen LogP contribution in [0.2, 0.25) is 0 Å². The maximum absolute atomic E-state index is 12.6. The second-order valence-electron chi connectivity index (χ2n) is 8.19. The second kappa shape index (κ2) is 14.6. The molecule has 0 bridgehead atoms. The number of rotatable bonds is 12. The predicted octanol–water partition coefficient (Wildman–Crippen LogP) is 3.41. The number of primary amides is 1. The number of hydrogen-bond donors (Lipinski definition) is 4. The maximum atomic E-state index is 12.6. The van der Waals surface area contributed by atoms with Crippen LogP contribution >= 0.6 is 0 Å². The van der Waals surface area contributed by atoms with Crippen LogP contribution in [0.15, 0.2) is 41.6 Å². The standard InChI is InChI=1S/C24H37N3O2.CH5N/c1-4-6-15-21(28)26-20(16-18-11-8-7-9-12-18)23(19-13-10-14-19)27-22(24(25)29)17(3)5-2;1-2/h7-9,11-12,17,20,22,27H,4-6,10,13-16H2,1-3H3,(H2,25,29)(H,26,28);2H2,1H3/t17-,20?,22-;/m0./s1. The number of unbranched alkanes of at least 4 members (excludes halogenated alkanes) is 1. The lowest BCUT2D eigenvalue weighted by molar-refractivity contribution is -0.121. The summed E-state index contributed by atoms with van der Waals surface area (Å²) in [6.07, 6.45) is 7.09. The van der Waals surface area contributed by atoms with Crippen molar-refractivity contribution in [2.75, 3.05) is 7.05 Å². The van der Waals surface area contributed by atoms with Crippen LogP contribution in [-0.4, -0.2) is 30.9 Å². The third kappa shape index (κ3) is 8.74. The Hall–Kier alpha value is -2.34. The van der Waals surface area contributed by atoms with E-state index in [1.165, 1.54) is 12.6 Å². The fourth-order valence-electron chi connectivity index (χ4n) is 3.65. The third-order valence-electron chi connectivity index (χ3n) is 5.89. The first-order valence-corrected chi connectivity index (χ1v) is 11.6. The molecule has 0 spiro atoms. The van der Waals surface area contributed by atoms with Gasteiger partial charge in [0.25, 0.3) is 0 Å². The lowest BCUT2D eigenvalue weighted by Crippen LogP contribution is -2.51. The van der Waals surface area contributed by atoms with Gasteiger partial charge in [0.2, 0.25) is 11.8 Å². The van der Waals surface area contributed by atoms with E-state index in [0.717, 1.165) is 49.8 Å². The first-order chi connectivity index (χ1) is 15.0. The first kappa shape index (κ1) is 26.7. The zero-order valence-corrected chi connectivity index (χ0v) is 19.7. The van der Waals surface area contributed by atoms with Crippen molar-refractivity contribution in [1.29, 1.82) is 0 Å². The van der Waals surface area contributed by atoms with Crippen LogP contribution in [-0.2, 0) is 16.0 Å². The van der Waals surface area contributed by atoms with Gasteiger partial charge in [0.1, 0.15) is 6.04 Å². The van der Waals surface area contributed by atoms with E-state index in [4.69, 9.17) is 5.73 Å². The molecule has 6 heteroatoms. The number of nitrogens with two attached hydrogens (primary N) is 2. The monoisotopic (exact) mass is 430 g/mol. The van der Waals surface area contributed by atoms with Crippen molar-refractivity contribution < 1.29 is 9.59 Å². The van der Waals surface area contributed by atoms with Gasteiger partial charge in [-0.15, -0.1) is 0 Å². The Morgan fingerprint density at radius 3 is 2.19 bits per heavy atom. The highest BCUT2D eigenvalue weighted by molar-refractivity contribution is 5.80. The summed E-state index contributed by atoms with van der Waals surface area (Å²) in [6, 6.07) is 9.56. The van der Waals surface area contributed by atoms with Crippen LogP contribution < -0.4 is 22.1 Å². The molecule has 2 rings (SSSR count). The highest BCUT2D eigenvalue weighted by atomic mass is 16.2. The lowest BCUT2D eigenvalue weighted by atomic mass is 9.85. The molecule has 0 radical (unpaired) electrons. The minimum absolute atomic E-state index is 0.0613. The summed E-state index contributed by atoms with van der Waals surface area (Å²) in [7, 11) is 1.50. The van der Waals surface area contributed by atoms with Crippen molar-refractivity contribution in [2.45, 2.75) is 84.2 Å². The van der Waals surface area contributed by atoms with Gasteiger partial charge >= 0.3 is 0 Å². The molecule has 6 nitrogen and oxygen atoms in total. The molecule has 1 aromatic rings. The Labute approximate surface area is 188 Å². The summed E-state index contributed by atoms with van der Waals surface area (Å²) in [5.41, 5.74) is 13.7. The Bertz CT molecular complexity index is 697. The number of carbonyl (C=O) groups is 2. The molecule has 0 aromatic heterocycles. The fourth-order valence-corrected chi connectivity index (χ4v) is 3.65. The lowest BCUT2D eigenvalue weighted by Gasteiger charge is -2.34. The Morgan fingerprint density at radius 1 is 1.06 bits per heavy atom. The van der Waals surface area contributed by atoms with Gasteiger partial charge in [0, 0.05) is 12.1 Å². The molecule has 1 aliphatic carbocycles. The van der Waals surface area contributed by atoms with E-state index in [9.17, 15) is 9.59 Å². The maximum Gasteiger partial charge on any atom is 0.240 e. The van der Waals surface area contributed by atoms with Crippen LogP contribution in [0.5, 0.6) is 0 Å². The van der Waals surface area contributed by atoms with Gasteiger partial charge in [-0.05, 0) is 56.2 Å². The highest BCUT2D eigenvalue weighted by Crippen LogP contribution is 2.30. The van der Waals surface area contributed by atoms with Gasteiger partial charge in [0.15, 0.2) is 0 Å². The summed E-state index contributed by atoms with van der Waals surface area (Å²) >= 11 is 0. The normalized spacial score (nSPS) is 15.5. The van der Waals surface area contributed by atoms with Crippen molar-refractivity contribution in [1.82, 2.24) is 10.6 Å². The molecular weight excluding hydrogens is 388 g/mol. The Balaban J connectivity index is 0.00000233. The summed E-state index contributed by atoms with van der Waals surface area (Å²) in [6.45, 7) is 6.19. The molecule has 0 heterocycles. The largest absolute Gasteiger partial charge is 0.375 e. The number of carbonyl (C=O) groups excluding carboxylic acids is 2. The molecule has 6 N–H and O–H groups in total. The number of allylic oxidation sites excluding steroid dienone is 1. The predicted molar refractivity (Wildman–Crippen MR) is 128 cm³/mol. The van der Waals surface area contributed by atoms with Gasteiger partial charge in [-0.2, -0.15) is 0 Å². The topological polar surface area (TPSA) is 110 Å². The average Bonchev–Trinajstić information content (AvgIpc) is 2.74. The minimum Gasteiger partial charge on any atom is -0.375 e. The molecule has 1 fully saturated rings. The van der Waals surface area contributed by atoms with E-state index in [2.05, 4.69) is 42.3 Å². The van der Waals surface area contributed by atoms with E-state index in [1.54, 1.807) is 0 Å². The Morgan fingerprint density at radius 2 is 1.71 bits per heavy atom. The molecule has 1 unspecified atom stereocenters. The number of amides is 2. The smallest absolute Gasteiger partial charge is 0.240 e. The van der Waals surface area contributed by atoms with Gasteiger partial charge in [-0.3, -0.25) is 9.59 Å². The SMILES string of the molecule is CCCCC(=O)NC(Cc1ccccc1)C(N[C@H](C(N)=O)[C@@H](C)CC)=C1CCC1.CN.